The standard InChI is InChI=1S/C19H15BrN2O3/c20-16-6-7-17(23)22(12-16)13-18(24)25-19(14-4-2-1-3-5-14)15-8-10-21-11-9-15/h1-12,19H,13H2. The predicted molar refractivity (Wildman–Crippen MR) is 97.0 cm³/mol. The van der Waals surface area contributed by atoms with Gasteiger partial charge in [0.25, 0.3) is 5.56 Å². The van der Waals surface area contributed by atoms with Gasteiger partial charge >= 0.3 is 5.97 Å². The number of pyridine rings is 2. The molecule has 2 aromatic heterocycles. The lowest BCUT2D eigenvalue weighted by molar-refractivity contribution is -0.148. The minimum absolute atomic E-state index is 0.160. The molecule has 0 saturated heterocycles. The molecule has 0 radical (unpaired) electrons. The average Bonchev–Trinajstić information content (AvgIpc) is 2.64. The third kappa shape index (κ3) is 4.42. The highest BCUT2D eigenvalue weighted by atomic mass is 79.9. The maximum atomic E-state index is 12.4. The predicted octanol–water partition coefficient (Wildman–Crippen LogP) is 3.34. The quantitative estimate of drug-likeness (QED) is 0.618. The molecule has 25 heavy (non-hydrogen) atoms. The molecule has 1 unspecified atom stereocenters. The highest BCUT2D eigenvalue weighted by molar-refractivity contribution is 9.10. The second-order valence-corrected chi connectivity index (χ2v) is 6.29. The van der Waals surface area contributed by atoms with Crippen LogP contribution in [0.3, 0.4) is 0 Å². The minimum Gasteiger partial charge on any atom is -0.451 e. The number of hydrogen-bond donors (Lipinski definition) is 0. The fraction of sp³-hybridized carbons (Fsp3) is 0.105. The first-order valence-electron chi connectivity index (χ1n) is 7.64. The Balaban J connectivity index is 1.84. The van der Waals surface area contributed by atoms with Crippen molar-refractivity contribution in [1.82, 2.24) is 9.55 Å². The summed E-state index contributed by atoms with van der Waals surface area (Å²) in [5, 5.41) is 0. The van der Waals surface area contributed by atoms with Gasteiger partial charge in [0.2, 0.25) is 0 Å². The summed E-state index contributed by atoms with van der Waals surface area (Å²) < 4.78 is 7.70. The van der Waals surface area contributed by atoms with E-state index in [1.807, 2.05) is 30.3 Å². The normalized spacial score (nSPS) is 11.7. The van der Waals surface area contributed by atoms with Crippen LogP contribution in [0, 0.1) is 0 Å². The molecular formula is C19H15BrN2O3. The molecule has 126 valence electrons. The molecule has 1 atom stereocenters. The largest absolute Gasteiger partial charge is 0.451 e. The molecule has 0 bridgehead atoms. The Morgan fingerprint density at radius 1 is 1.04 bits per heavy atom. The summed E-state index contributed by atoms with van der Waals surface area (Å²) in [6, 6.07) is 16.1. The van der Waals surface area contributed by atoms with Gasteiger partial charge in [-0.05, 0) is 39.7 Å². The first-order valence-corrected chi connectivity index (χ1v) is 8.43. The summed E-state index contributed by atoms with van der Waals surface area (Å²) in [6.45, 7) is -0.160. The Kier molecular flexibility index (Phi) is 5.40. The number of rotatable bonds is 5. The maximum absolute atomic E-state index is 12.4. The second-order valence-electron chi connectivity index (χ2n) is 5.37. The summed E-state index contributed by atoms with van der Waals surface area (Å²) in [5.41, 5.74) is 1.40. The molecule has 0 spiro atoms. The van der Waals surface area contributed by atoms with E-state index in [4.69, 9.17) is 4.74 Å². The van der Waals surface area contributed by atoms with Crippen LogP contribution in [0.25, 0.3) is 0 Å². The van der Waals surface area contributed by atoms with Gasteiger partial charge in [0, 0.05) is 34.7 Å². The second kappa shape index (κ2) is 7.90. The molecule has 0 aliphatic rings. The molecule has 0 fully saturated rings. The Bertz CT molecular complexity index is 871. The first-order chi connectivity index (χ1) is 12.1. The molecular weight excluding hydrogens is 384 g/mol. The zero-order valence-corrected chi connectivity index (χ0v) is 14.8. The summed E-state index contributed by atoms with van der Waals surface area (Å²) in [6.07, 6.45) is 4.31. The lowest BCUT2D eigenvalue weighted by atomic mass is 10.0. The molecule has 6 heteroatoms. The zero-order chi connectivity index (χ0) is 17.6. The number of aromatic nitrogens is 2. The van der Waals surface area contributed by atoms with Crippen LogP contribution >= 0.6 is 15.9 Å². The number of carbonyl (C=O) groups is 1. The van der Waals surface area contributed by atoms with Crippen LogP contribution in [0.1, 0.15) is 17.2 Å². The van der Waals surface area contributed by atoms with Gasteiger partial charge in [0.1, 0.15) is 6.54 Å². The van der Waals surface area contributed by atoms with Crippen molar-refractivity contribution in [1.29, 1.82) is 0 Å². The van der Waals surface area contributed by atoms with Crippen molar-refractivity contribution in [2.45, 2.75) is 12.6 Å². The Morgan fingerprint density at radius 3 is 2.44 bits per heavy atom. The molecule has 3 rings (SSSR count). The number of benzene rings is 1. The van der Waals surface area contributed by atoms with E-state index in [0.717, 1.165) is 11.1 Å². The number of esters is 1. The average molecular weight is 399 g/mol. The molecule has 2 heterocycles. The van der Waals surface area contributed by atoms with Crippen LogP contribution < -0.4 is 5.56 Å². The van der Waals surface area contributed by atoms with E-state index in [1.165, 1.54) is 10.6 Å². The van der Waals surface area contributed by atoms with Crippen LogP contribution in [-0.4, -0.2) is 15.5 Å². The van der Waals surface area contributed by atoms with Gasteiger partial charge in [-0.1, -0.05) is 30.3 Å². The third-order valence-electron chi connectivity index (χ3n) is 3.61. The highest BCUT2D eigenvalue weighted by Gasteiger charge is 2.19. The number of halogens is 1. The van der Waals surface area contributed by atoms with E-state index in [1.54, 1.807) is 36.8 Å². The molecule has 0 aliphatic heterocycles. The van der Waals surface area contributed by atoms with E-state index in [9.17, 15) is 9.59 Å². The van der Waals surface area contributed by atoms with Gasteiger partial charge in [0.15, 0.2) is 6.10 Å². The number of ether oxygens (including phenoxy) is 1. The van der Waals surface area contributed by atoms with Crippen LogP contribution in [0.4, 0.5) is 0 Å². The zero-order valence-electron chi connectivity index (χ0n) is 13.2. The van der Waals surface area contributed by atoms with Crippen molar-refractivity contribution in [2.24, 2.45) is 0 Å². The third-order valence-corrected chi connectivity index (χ3v) is 4.08. The van der Waals surface area contributed by atoms with E-state index >= 15 is 0 Å². The minimum atomic E-state index is -0.556. The molecule has 5 nitrogen and oxygen atoms in total. The van der Waals surface area contributed by atoms with E-state index < -0.39 is 12.1 Å². The van der Waals surface area contributed by atoms with Crippen molar-refractivity contribution in [3.63, 3.8) is 0 Å². The molecule has 3 aromatic rings. The van der Waals surface area contributed by atoms with Crippen LogP contribution in [-0.2, 0) is 16.1 Å². The van der Waals surface area contributed by atoms with Crippen LogP contribution in [0.2, 0.25) is 0 Å². The van der Waals surface area contributed by atoms with E-state index in [0.29, 0.717) is 4.47 Å². The maximum Gasteiger partial charge on any atom is 0.327 e. The monoisotopic (exact) mass is 398 g/mol. The Morgan fingerprint density at radius 2 is 1.72 bits per heavy atom. The van der Waals surface area contributed by atoms with Gasteiger partial charge in [-0.3, -0.25) is 14.6 Å². The lowest BCUT2D eigenvalue weighted by Crippen LogP contribution is -2.25. The summed E-state index contributed by atoms with van der Waals surface area (Å²) >= 11 is 3.29. The Hall–Kier alpha value is -2.73. The van der Waals surface area contributed by atoms with Crippen molar-refractivity contribution in [3.8, 4) is 0 Å². The highest BCUT2D eigenvalue weighted by Crippen LogP contribution is 2.25. The van der Waals surface area contributed by atoms with Gasteiger partial charge in [-0.15, -0.1) is 0 Å². The first kappa shape index (κ1) is 17.1. The van der Waals surface area contributed by atoms with Gasteiger partial charge in [-0.2, -0.15) is 0 Å². The topological polar surface area (TPSA) is 61.2 Å². The summed E-state index contributed by atoms with van der Waals surface area (Å²) in [7, 11) is 0. The van der Waals surface area contributed by atoms with E-state index in [2.05, 4.69) is 20.9 Å². The van der Waals surface area contributed by atoms with Crippen molar-refractivity contribution in [3.05, 3.63) is 99.1 Å². The summed E-state index contributed by atoms with van der Waals surface area (Å²) in [5.74, 6) is -0.495. The van der Waals surface area contributed by atoms with Crippen molar-refractivity contribution >= 4 is 21.9 Å². The number of nitrogens with zero attached hydrogens (tertiary/aromatic N) is 2. The van der Waals surface area contributed by atoms with Gasteiger partial charge in [0.05, 0.1) is 0 Å². The lowest BCUT2D eigenvalue weighted by Gasteiger charge is -2.19. The van der Waals surface area contributed by atoms with E-state index in [-0.39, 0.29) is 12.1 Å². The number of hydrogen-bond acceptors (Lipinski definition) is 4. The van der Waals surface area contributed by atoms with Gasteiger partial charge < -0.3 is 9.30 Å². The van der Waals surface area contributed by atoms with Crippen LogP contribution in [0.5, 0.6) is 0 Å². The fourth-order valence-corrected chi connectivity index (χ4v) is 2.81. The van der Waals surface area contributed by atoms with Crippen molar-refractivity contribution in [2.75, 3.05) is 0 Å². The molecule has 0 N–H and O–H groups in total. The smallest absolute Gasteiger partial charge is 0.327 e. The molecule has 0 aliphatic carbocycles. The molecule has 0 saturated carbocycles. The molecule has 0 amide bonds. The molecule has 1 aromatic carbocycles. The SMILES string of the molecule is O=C(Cn1cc(Br)ccc1=O)OC(c1ccccc1)c1ccncc1. The fourth-order valence-electron chi connectivity index (χ4n) is 2.43. The number of carbonyl (C=O) groups excluding carboxylic acids is 1. The van der Waals surface area contributed by atoms with Crippen molar-refractivity contribution < 1.29 is 9.53 Å². The van der Waals surface area contributed by atoms with Gasteiger partial charge in [-0.25, -0.2) is 0 Å². The van der Waals surface area contributed by atoms with Crippen LogP contribution in [0.15, 0.2) is 82.5 Å². The summed E-state index contributed by atoms with van der Waals surface area (Å²) in [4.78, 5) is 28.3. The Labute approximate surface area is 153 Å².